The molecule has 0 bridgehead atoms. The topological polar surface area (TPSA) is 54.5 Å². The third-order valence-electron chi connectivity index (χ3n) is 2.61. The molecule has 0 saturated carbocycles. The summed E-state index contributed by atoms with van der Waals surface area (Å²) in [7, 11) is -5.09. The molecule has 1 amide bonds. The smallest absolute Gasteiger partial charge is 0.323 e. The van der Waals surface area contributed by atoms with Gasteiger partial charge >= 0.3 is 22.6 Å². The maximum absolute atomic E-state index is 12.4. The molecule has 0 spiro atoms. The van der Waals surface area contributed by atoms with E-state index in [1.165, 1.54) is 0 Å². The number of likely N-dealkylation sites (tertiary alicyclic amines) is 1. The van der Waals surface area contributed by atoms with Crippen LogP contribution in [-0.4, -0.2) is 49.9 Å². The fraction of sp³-hybridized carbons (Fsp3) is 0.875. The standard InChI is InChI=1S/C8H8F7NO3S/c9-7(10,11)6(8(12,13)14)16-2-4(1-5(16)17)3-20(15,18)19/h4,6H,1-3H2. The van der Waals surface area contributed by atoms with E-state index in [-0.39, 0.29) is 0 Å². The van der Waals surface area contributed by atoms with E-state index in [1.807, 2.05) is 0 Å². The lowest BCUT2D eigenvalue weighted by Crippen LogP contribution is -2.55. The molecule has 1 heterocycles. The largest absolute Gasteiger partial charge is 0.417 e. The van der Waals surface area contributed by atoms with Crippen LogP contribution in [0.2, 0.25) is 0 Å². The quantitative estimate of drug-likeness (QED) is 0.583. The Morgan fingerprint density at radius 2 is 1.60 bits per heavy atom. The van der Waals surface area contributed by atoms with Crippen LogP contribution in [0.25, 0.3) is 0 Å². The molecule has 20 heavy (non-hydrogen) atoms. The molecule has 0 aromatic rings. The van der Waals surface area contributed by atoms with Crippen LogP contribution < -0.4 is 0 Å². The third-order valence-corrected chi connectivity index (χ3v) is 3.47. The van der Waals surface area contributed by atoms with Crippen molar-refractivity contribution in [3.63, 3.8) is 0 Å². The van der Waals surface area contributed by atoms with Gasteiger partial charge in [0.25, 0.3) is 0 Å². The van der Waals surface area contributed by atoms with E-state index >= 15 is 0 Å². The number of rotatable bonds is 3. The normalized spacial score (nSPS) is 21.9. The molecule has 4 nitrogen and oxygen atoms in total. The second-order valence-electron chi connectivity index (χ2n) is 4.31. The molecular formula is C8H8F7NO3S. The van der Waals surface area contributed by atoms with Crippen LogP contribution in [0.4, 0.5) is 30.2 Å². The molecule has 0 aromatic carbocycles. The maximum atomic E-state index is 12.4. The molecule has 0 N–H and O–H groups in total. The monoisotopic (exact) mass is 331 g/mol. The van der Waals surface area contributed by atoms with E-state index in [0.29, 0.717) is 0 Å². The van der Waals surface area contributed by atoms with Gasteiger partial charge in [0, 0.05) is 18.9 Å². The predicted octanol–water partition coefficient (Wildman–Crippen LogP) is 1.63. The number of halogens is 7. The number of carbonyl (C=O) groups excluding carboxylic acids is 1. The first kappa shape index (κ1) is 17.0. The molecule has 1 rings (SSSR count). The van der Waals surface area contributed by atoms with Gasteiger partial charge in [0.05, 0.1) is 5.75 Å². The highest BCUT2D eigenvalue weighted by atomic mass is 32.3. The van der Waals surface area contributed by atoms with Crippen molar-refractivity contribution in [1.29, 1.82) is 0 Å². The molecule has 1 atom stereocenters. The molecular weight excluding hydrogens is 323 g/mol. The van der Waals surface area contributed by atoms with E-state index in [9.17, 15) is 43.4 Å². The van der Waals surface area contributed by atoms with Gasteiger partial charge in [-0.05, 0) is 0 Å². The minimum Gasteiger partial charge on any atom is -0.323 e. The Labute approximate surface area is 108 Å². The number of alkyl halides is 6. The Balaban J connectivity index is 2.98. The summed E-state index contributed by atoms with van der Waals surface area (Å²) in [5.74, 6) is -4.25. The maximum Gasteiger partial charge on any atom is 0.417 e. The van der Waals surface area contributed by atoms with Gasteiger partial charge in [0.1, 0.15) is 0 Å². The van der Waals surface area contributed by atoms with Gasteiger partial charge in [-0.25, -0.2) is 0 Å². The Kier molecular flexibility index (Phi) is 4.28. The minimum absolute atomic E-state index is 0.504. The molecule has 0 radical (unpaired) electrons. The van der Waals surface area contributed by atoms with Crippen molar-refractivity contribution in [2.45, 2.75) is 24.8 Å². The van der Waals surface area contributed by atoms with Crippen molar-refractivity contribution in [2.24, 2.45) is 5.92 Å². The van der Waals surface area contributed by atoms with Crippen molar-refractivity contribution in [2.75, 3.05) is 12.3 Å². The van der Waals surface area contributed by atoms with Crippen molar-refractivity contribution in [1.82, 2.24) is 4.90 Å². The molecule has 12 heteroatoms. The molecule has 1 unspecified atom stereocenters. The van der Waals surface area contributed by atoms with Crippen LogP contribution in [0.3, 0.4) is 0 Å². The zero-order chi connectivity index (χ0) is 15.9. The molecule has 0 aliphatic carbocycles. The third kappa shape index (κ3) is 4.21. The van der Waals surface area contributed by atoms with E-state index in [4.69, 9.17) is 0 Å². The molecule has 1 saturated heterocycles. The van der Waals surface area contributed by atoms with E-state index in [2.05, 4.69) is 0 Å². The molecule has 118 valence electrons. The summed E-state index contributed by atoms with van der Waals surface area (Å²) in [5, 5.41) is 0. The summed E-state index contributed by atoms with van der Waals surface area (Å²) >= 11 is 0. The van der Waals surface area contributed by atoms with Gasteiger partial charge in [-0.15, -0.1) is 3.89 Å². The molecule has 0 aromatic heterocycles. The zero-order valence-corrected chi connectivity index (χ0v) is 10.3. The van der Waals surface area contributed by atoms with Gasteiger partial charge in [0.2, 0.25) is 11.9 Å². The van der Waals surface area contributed by atoms with Crippen LogP contribution in [0.1, 0.15) is 6.42 Å². The van der Waals surface area contributed by atoms with Crippen LogP contribution in [-0.2, 0) is 15.0 Å². The van der Waals surface area contributed by atoms with Crippen molar-refractivity contribution in [3.05, 3.63) is 0 Å². The second-order valence-corrected chi connectivity index (χ2v) is 5.72. The fourth-order valence-electron chi connectivity index (χ4n) is 1.99. The van der Waals surface area contributed by atoms with Gasteiger partial charge in [-0.3, -0.25) is 4.79 Å². The highest BCUT2D eigenvalue weighted by molar-refractivity contribution is 7.86. The Hall–Kier alpha value is -1.07. The minimum atomic E-state index is -5.75. The van der Waals surface area contributed by atoms with Gasteiger partial charge < -0.3 is 4.90 Å². The number of amides is 1. The first-order chi connectivity index (χ1) is 8.72. The molecule has 1 aliphatic rings. The average Bonchev–Trinajstić information content (AvgIpc) is 2.37. The summed E-state index contributed by atoms with van der Waals surface area (Å²) in [6.45, 7) is -1.12. The SMILES string of the molecule is O=C1CC(CS(=O)(=O)F)CN1C(C(F)(F)F)C(F)(F)F. The second kappa shape index (κ2) is 5.04. The lowest BCUT2D eigenvalue weighted by atomic mass is 10.1. The van der Waals surface area contributed by atoms with Crippen LogP contribution in [0, 0.1) is 5.92 Å². The number of hydrogen-bond donors (Lipinski definition) is 0. The summed E-state index contributed by atoms with van der Waals surface area (Å²) < 4.78 is 107. The molecule has 1 fully saturated rings. The summed E-state index contributed by atoms with van der Waals surface area (Å²) in [6, 6.07) is -4.02. The highest BCUT2D eigenvalue weighted by Crippen LogP contribution is 2.39. The van der Waals surface area contributed by atoms with Crippen molar-refractivity contribution < 1.29 is 43.4 Å². The number of hydrogen-bond acceptors (Lipinski definition) is 3. The number of carbonyl (C=O) groups is 1. The van der Waals surface area contributed by atoms with Crippen molar-refractivity contribution in [3.8, 4) is 0 Å². The Bertz CT molecular complexity index is 469. The van der Waals surface area contributed by atoms with E-state index < -0.39 is 64.1 Å². The summed E-state index contributed by atoms with van der Waals surface area (Å²) in [6.07, 6.45) is -12.4. The highest BCUT2D eigenvalue weighted by Gasteiger charge is 2.62. The first-order valence-electron chi connectivity index (χ1n) is 5.07. The van der Waals surface area contributed by atoms with Crippen LogP contribution in [0.5, 0.6) is 0 Å². The Morgan fingerprint density at radius 3 is 1.95 bits per heavy atom. The fourth-order valence-corrected chi connectivity index (χ4v) is 2.78. The summed E-state index contributed by atoms with van der Waals surface area (Å²) in [5.41, 5.74) is 0. The first-order valence-corrected chi connectivity index (χ1v) is 6.62. The van der Waals surface area contributed by atoms with E-state index in [0.717, 1.165) is 0 Å². The van der Waals surface area contributed by atoms with Gasteiger partial charge in [0.15, 0.2) is 0 Å². The summed E-state index contributed by atoms with van der Waals surface area (Å²) in [4.78, 5) is 10.7. The van der Waals surface area contributed by atoms with E-state index in [1.54, 1.807) is 0 Å². The lowest BCUT2D eigenvalue weighted by Gasteiger charge is -2.31. The predicted molar refractivity (Wildman–Crippen MR) is 50.6 cm³/mol. The Morgan fingerprint density at radius 1 is 1.15 bits per heavy atom. The van der Waals surface area contributed by atoms with Crippen LogP contribution in [0.15, 0.2) is 0 Å². The molecule has 1 aliphatic heterocycles. The average molecular weight is 331 g/mol. The van der Waals surface area contributed by atoms with Gasteiger partial charge in [-0.2, -0.15) is 34.8 Å². The van der Waals surface area contributed by atoms with Gasteiger partial charge in [-0.1, -0.05) is 0 Å². The zero-order valence-electron chi connectivity index (χ0n) is 9.50. The van der Waals surface area contributed by atoms with Crippen LogP contribution >= 0.6 is 0 Å². The van der Waals surface area contributed by atoms with Crippen molar-refractivity contribution >= 4 is 16.1 Å². The number of nitrogens with zero attached hydrogens (tertiary/aromatic N) is 1. The lowest BCUT2D eigenvalue weighted by molar-refractivity contribution is -0.282.